The van der Waals surface area contributed by atoms with Crippen LogP contribution in [0.4, 0.5) is 10.1 Å². The number of anilines is 1. The van der Waals surface area contributed by atoms with Gasteiger partial charge in [-0.15, -0.1) is 0 Å². The Kier molecular flexibility index (Phi) is 4.94. The molecule has 17 heavy (non-hydrogen) atoms. The van der Waals surface area contributed by atoms with Gasteiger partial charge in [-0.2, -0.15) is 0 Å². The van der Waals surface area contributed by atoms with Crippen LogP contribution in [0.25, 0.3) is 0 Å². The maximum absolute atomic E-state index is 13.3. The maximum atomic E-state index is 13.3. The molecule has 1 atom stereocenters. The maximum Gasteiger partial charge on any atom is 0.310 e. The molecular weight excluding hydrogens is 221 g/mol. The summed E-state index contributed by atoms with van der Waals surface area (Å²) < 4.78 is 18.1. The molecule has 0 fully saturated rings. The van der Waals surface area contributed by atoms with E-state index < -0.39 is 0 Å². The molecule has 0 aliphatic rings. The largest absolute Gasteiger partial charge is 0.466 e. The van der Waals surface area contributed by atoms with Gasteiger partial charge in [-0.1, -0.05) is 13.0 Å². The van der Waals surface area contributed by atoms with Gasteiger partial charge < -0.3 is 10.1 Å². The molecule has 3 nitrogen and oxygen atoms in total. The van der Waals surface area contributed by atoms with Crippen molar-refractivity contribution in [2.75, 3.05) is 18.5 Å². The van der Waals surface area contributed by atoms with E-state index >= 15 is 0 Å². The van der Waals surface area contributed by atoms with Gasteiger partial charge in [0.25, 0.3) is 0 Å². The van der Waals surface area contributed by atoms with E-state index in [1.807, 2.05) is 0 Å². The minimum atomic E-state index is -0.252. The lowest BCUT2D eigenvalue weighted by Gasteiger charge is -2.14. The predicted molar refractivity (Wildman–Crippen MR) is 65.4 cm³/mol. The molecule has 0 radical (unpaired) electrons. The molecule has 1 rings (SSSR count). The van der Waals surface area contributed by atoms with Gasteiger partial charge in [0.2, 0.25) is 0 Å². The van der Waals surface area contributed by atoms with Gasteiger partial charge in [0.05, 0.1) is 12.5 Å². The SMILES string of the molecule is CCOC(=O)C(C)CNc1cccc(F)c1C. The van der Waals surface area contributed by atoms with E-state index in [2.05, 4.69) is 5.32 Å². The molecule has 1 unspecified atom stereocenters. The summed E-state index contributed by atoms with van der Waals surface area (Å²) in [5, 5.41) is 3.05. The lowest BCUT2D eigenvalue weighted by atomic mass is 10.1. The van der Waals surface area contributed by atoms with Crippen molar-refractivity contribution in [1.29, 1.82) is 0 Å². The van der Waals surface area contributed by atoms with Crippen LogP contribution in [0.2, 0.25) is 0 Å². The topological polar surface area (TPSA) is 38.3 Å². The first-order valence-corrected chi connectivity index (χ1v) is 5.71. The molecule has 0 aromatic heterocycles. The normalized spacial score (nSPS) is 12.0. The van der Waals surface area contributed by atoms with Crippen LogP contribution in [0.5, 0.6) is 0 Å². The number of esters is 1. The van der Waals surface area contributed by atoms with Crippen LogP contribution in [0.1, 0.15) is 19.4 Å². The molecule has 1 aromatic rings. The zero-order chi connectivity index (χ0) is 12.8. The van der Waals surface area contributed by atoms with E-state index in [4.69, 9.17) is 4.74 Å². The van der Waals surface area contributed by atoms with Crippen LogP contribution in [-0.4, -0.2) is 19.1 Å². The molecule has 0 amide bonds. The average molecular weight is 239 g/mol. The Labute approximate surface area is 101 Å². The Bertz CT molecular complexity index is 393. The molecule has 0 heterocycles. The fourth-order valence-corrected chi connectivity index (χ4v) is 1.43. The second-order valence-corrected chi connectivity index (χ2v) is 3.95. The Hall–Kier alpha value is -1.58. The van der Waals surface area contributed by atoms with Gasteiger partial charge in [0.1, 0.15) is 5.82 Å². The molecule has 0 spiro atoms. The number of carbonyl (C=O) groups is 1. The fourth-order valence-electron chi connectivity index (χ4n) is 1.43. The summed E-state index contributed by atoms with van der Waals surface area (Å²) in [7, 11) is 0. The summed E-state index contributed by atoms with van der Waals surface area (Å²) in [5.74, 6) is -0.745. The molecule has 1 aromatic carbocycles. The van der Waals surface area contributed by atoms with Gasteiger partial charge in [0.15, 0.2) is 0 Å². The number of nitrogens with one attached hydrogen (secondary N) is 1. The minimum Gasteiger partial charge on any atom is -0.466 e. The van der Waals surface area contributed by atoms with Crippen molar-refractivity contribution in [1.82, 2.24) is 0 Å². The van der Waals surface area contributed by atoms with Crippen molar-refractivity contribution in [3.8, 4) is 0 Å². The molecule has 94 valence electrons. The van der Waals surface area contributed by atoms with E-state index in [9.17, 15) is 9.18 Å². The highest BCUT2D eigenvalue weighted by Crippen LogP contribution is 2.17. The first-order chi connectivity index (χ1) is 8.06. The number of ether oxygens (including phenoxy) is 1. The van der Waals surface area contributed by atoms with E-state index in [1.54, 1.807) is 32.9 Å². The Balaban J connectivity index is 2.56. The summed E-state index contributed by atoms with van der Waals surface area (Å²) in [6, 6.07) is 4.84. The molecule has 0 aliphatic carbocycles. The fraction of sp³-hybridized carbons (Fsp3) is 0.462. The Morgan fingerprint density at radius 1 is 1.53 bits per heavy atom. The summed E-state index contributed by atoms with van der Waals surface area (Å²) in [6.07, 6.45) is 0. The Morgan fingerprint density at radius 2 is 2.24 bits per heavy atom. The first kappa shape index (κ1) is 13.5. The number of hydrogen-bond donors (Lipinski definition) is 1. The molecule has 0 saturated carbocycles. The lowest BCUT2D eigenvalue weighted by Crippen LogP contribution is -2.22. The summed E-state index contributed by atoms with van der Waals surface area (Å²) in [6.45, 7) is 6.06. The third-order valence-corrected chi connectivity index (χ3v) is 2.56. The molecular formula is C13H18FNO2. The highest BCUT2D eigenvalue weighted by atomic mass is 19.1. The number of rotatable bonds is 5. The highest BCUT2D eigenvalue weighted by molar-refractivity contribution is 5.72. The zero-order valence-corrected chi connectivity index (χ0v) is 10.4. The zero-order valence-electron chi connectivity index (χ0n) is 10.4. The van der Waals surface area contributed by atoms with E-state index in [1.165, 1.54) is 6.07 Å². The van der Waals surface area contributed by atoms with Crippen LogP contribution in [0.3, 0.4) is 0 Å². The monoisotopic (exact) mass is 239 g/mol. The second kappa shape index (κ2) is 6.23. The molecule has 0 saturated heterocycles. The summed E-state index contributed by atoms with van der Waals surface area (Å²) in [5.41, 5.74) is 1.27. The lowest BCUT2D eigenvalue weighted by molar-refractivity contribution is -0.146. The van der Waals surface area contributed by atoms with Crippen molar-refractivity contribution in [2.24, 2.45) is 5.92 Å². The van der Waals surface area contributed by atoms with E-state index in [0.29, 0.717) is 24.4 Å². The smallest absolute Gasteiger partial charge is 0.310 e. The van der Waals surface area contributed by atoms with Crippen molar-refractivity contribution in [3.63, 3.8) is 0 Å². The quantitative estimate of drug-likeness (QED) is 0.803. The number of halogens is 1. The molecule has 1 N–H and O–H groups in total. The van der Waals surface area contributed by atoms with Crippen LogP contribution in [0.15, 0.2) is 18.2 Å². The van der Waals surface area contributed by atoms with Crippen LogP contribution in [-0.2, 0) is 9.53 Å². The highest BCUT2D eigenvalue weighted by Gasteiger charge is 2.14. The molecule has 0 bridgehead atoms. The van der Waals surface area contributed by atoms with Crippen molar-refractivity contribution in [2.45, 2.75) is 20.8 Å². The number of benzene rings is 1. The standard InChI is InChI=1S/C13H18FNO2/c1-4-17-13(16)9(2)8-15-12-7-5-6-11(14)10(12)3/h5-7,9,15H,4,8H2,1-3H3. The van der Waals surface area contributed by atoms with Crippen molar-refractivity contribution in [3.05, 3.63) is 29.6 Å². The third kappa shape index (κ3) is 3.73. The first-order valence-electron chi connectivity index (χ1n) is 5.71. The van der Waals surface area contributed by atoms with Crippen molar-refractivity contribution >= 4 is 11.7 Å². The van der Waals surface area contributed by atoms with Gasteiger partial charge in [-0.25, -0.2) is 4.39 Å². The summed E-state index contributed by atoms with van der Waals surface area (Å²) in [4.78, 5) is 11.4. The van der Waals surface area contributed by atoms with E-state index in [-0.39, 0.29) is 17.7 Å². The predicted octanol–water partition coefficient (Wildman–Crippen LogP) is 2.75. The third-order valence-electron chi connectivity index (χ3n) is 2.56. The number of hydrogen-bond acceptors (Lipinski definition) is 3. The van der Waals surface area contributed by atoms with Crippen LogP contribution in [0, 0.1) is 18.7 Å². The second-order valence-electron chi connectivity index (χ2n) is 3.95. The van der Waals surface area contributed by atoms with Crippen molar-refractivity contribution < 1.29 is 13.9 Å². The minimum absolute atomic E-state index is 0.242. The van der Waals surface area contributed by atoms with Crippen LogP contribution < -0.4 is 5.32 Å². The van der Waals surface area contributed by atoms with E-state index in [0.717, 1.165) is 0 Å². The number of carbonyl (C=O) groups excluding carboxylic acids is 1. The van der Waals surface area contributed by atoms with Gasteiger partial charge >= 0.3 is 5.97 Å². The average Bonchev–Trinajstić information content (AvgIpc) is 2.31. The summed E-state index contributed by atoms with van der Waals surface area (Å²) >= 11 is 0. The van der Waals surface area contributed by atoms with Crippen LogP contribution >= 0.6 is 0 Å². The van der Waals surface area contributed by atoms with Gasteiger partial charge in [-0.05, 0) is 26.0 Å². The van der Waals surface area contributed by atoms with Gasteiger partial charge in [-0.3, -0.25) is 4.79 Å². The Morgan fingerprint density at radius 3 is 2.88 bits per heavy atom. The van der Waals surface area contributed by atoms with Gasteiger partial charge in [0, 0.05) is 17.8 Å². The molecule has 4 heteroatoms. The molecule has 0 aliphatic heterocycles.